The van der Waals surface area contributed by atoms with Crippen molar-refractivity contribution in [3.8, 4) is 11.5 Å². The lowest BCUT2D eigenvalue weighted by Gasteiger charge is -2.29. The van der Waals surface area contributed by atoms with Crippen LogP contribution in [0.4, 0.5) is 5.69 Å². The number of oxazole rings is 1. The van der Waals surface area contributed by atoms with E-state index >= 15 is 0 Å². The molecule has 2 aliphatic rings. The van der Waals surface area contributed by atoms with Crippen LogP contribution in [0, 0.1) is 5.92 Å². The Bertz CT molecular complexity index is 1300. The van der Waals surface area contributed by atoms with Gasteiger partial charge in [0.1, 0.15) is 19.0 Å². The SMILES string of the molecule is CCCCN(C(=O)CN1C[C@H](c2ccc3c(c2)OCO3)[C@@H](C(=O)O)[C@@H]1CCc1ncco1)c1ccc[n+](C)c1. The molecule has 206 valence electrons. The third-order valence-electron chi connectivity index (χ3n) is 7.61. The molecule has 2 aromatic heterocycles. The van der Waals surface area contributed by atoms with Crippen LogP contribution in [-0.2, 0) is 23.1 Å². The normalized spacial score (nSPS) is 20.3. The van der Waals surface area contributed by atoms with Crippen molar-refractivity contribution in [2.75, 3.05) is 31.3 Å². The highest BCUT2D eigenvalue weighted by Gasteiger charge is 2.47. The molecule has 0 unspecified atom stereocenters. The number of rotatable bonds is 11. The van der Waals surface area contributed by atoms with Crippen LogP contribution in [-0.4, -0.2) is 59.3 Å². The summed E-state index contributed by atoms with van der Waals surface area (Å²) in [6, 6.07) is 9.08. The summed E-state index contributed by atoms with van der Waals surface area (Å²) in [5, 5.41) is 10.4. The van der Waals surface area contributed by atoms with E-state index in [1.165, 1.54) is 6.26 Å². The molecule has 1 aromatic carbocycles. The zero-order valence-electron chi connectivity index (χ0n) is 22.4. The molecule has 1 saturated heterocycles. The van der Waals surface area contributed by atoms with Crippen LogP contribution in [0.15, 0.2) is 59.6 Å². The molecule has 3 aromatic rings. The number of hydrogen-bond donors (Lipinski definition) is 1. The molecule has 5 rings (SSSR count). The summed E-state index contributed by atoms with van der Waals surface area (Å²) >= 11 is 0. The van der Waals surface area contributed by atoms with Gasteiger partial charge in [0.15, 0.2) is 29.8 Å². The predicted molar refractivity (Wildman–Crippen MR) is 141 cm³/mol. The van der Waals surface area contributed by atoms with Gasteiger partial charge in [0, 0.05) is 37.5 Å². The molecule has 1 fully saturated rings. The van der Waals surface area contributed by atoms with E-state index in [0.717, 1.165) is 24.1 Å². The molecule has 0 radical (unpaired) electrons. The van der Waals surface area contributed by atoms with Crippen molar-refractivity contribution in [2.24, 2.45) is 13.0 Å². The van der Waals surface area contributed by atoms with Crippen molar-refractivity contribution in [1.82, 2.24) is 9.88 Å². The summed E-state index contributed by atoms with van der Waals surface area (Å²) in [4.78, 5) is 34.6. The van der Waals surface area contributed by atoms with E-state index in [4.69, 9.17) is 13.9 Å². The van der Waals surface area contributed by atoms with Crippen LogP contribution < -0.4 is 18.9 Å². The number of aliphatic carboxylic acids is 1. The average molecular weight is 536 g/mol. The predicted octanol–water partition coefficient (Wildman–Crippen LogP) is 3.16. The van der Waals surface area contributed by atoms with Gasteiger partial charge >= 0.3 is 5.97 Å². The second kappa shape index (κ2) is 11.9. The van der Waals surface area contributed by atoms with Crippen LogP contribution in [0.1, 0.15) is 43.6 Å². The van der Waals surface area contributed by atoms with Gasteiger partial charge < -0.3 is 23.9 Å². The number of benzene rings is 1. The standard InChI is InChI=1S/C29H34N4O6/c1-3-4-13-33(21-6-5-12-31(2)16-21)27(34)18-32-17-22(20-7-9-24-25(15-20)39-19-38-24)28(29(35)36)23(32)8-10-26-30-11-14-37-26/h5-7,9,11-12,14-16,22-23,28H,3-4,8,10,13,17-19H2,1-2H3/p+1/t22-,23+,28-/m1/s1. The van der Waals surface area contributed by atoms with Gasteiger partial charge in [0.2, 0.25) is 12.7 Å². The molecule has 0 spiro atoms. The monoisotopic (exact) mass is 535 g/mol. The Morgan fingerprint density at radius 2 is 2.08 bits per heavy atom. The second-order valence-corrected chi connectivity index (χ2v) is 10.2. The molecule has 1 amide bonds. The van der Waals surface area contributed by atoms with E-state index in [1.54, 1.807) is 6.20 Å². The quantitative estimate of drug-likeness (QED) is 0.373. The lowest BCUT2D eigenvalue weighted by atomic mass is 9.83. The molecule has 0 aliphatic carbocycles. The Labute approximate surface area is 227 Å². The van der Waals surface area contributed by atoms with E-state index in [0.29, 0.717) is 43.3 Å². The number of unbranched alkanes of at least 4 members (excludes halogenated alkanes) is 1. The van der Waals surface area contributed by atoms with Gasteiger partial charge in [0.05, 0.1) is 18.7 Å². The van der Waals surface area contributed by atoms with Crippen LogP contribution in [0.5, 0.6) is 11.5 Å². The Morgan fingerprint density at radius 3 is 2.82 bits per heavy atom. The molecular weight excluding hydrogens is 500 g/mol. The number of ether oxygens (including phenoxy) is 2. The first kappa shape index (κ1) is 26.7. The lowest BCUT2D eigenvalue weighted by Crippen LogP contribution is -2.45. The first-order chi connectivity index (χ1) is 18.9. The summed E-state index contributed by atoms with van der Waals surface area (Å²) in [5.41, 5.74) is 1.69. The van der Waals surface area contributed by atoms with Crippen LogP contribution >= 0.6 is 0 Å². The first-order valence-electron chi connectivity index (χ1n) is 13.4. The largest absolute Gasteiger partial charge is 0.481 e. The molecule has 39 heavy (non-hydrogen) atoms. The third kappa shape index (κ3) is 5.90. The van der Waals surface area contributed by atoms with Gasteiger partial charge in [-0.3, -0.25) is 14.5 Å². The minimum Gasteiger partial charge on any atom is -0.481 e. The van der Waals surface area contributed by atoms with Crippen molar-refractivity contribution in [3.63, 3.8) is 0 Å². The van der Waals surface area contributed by atoms with Crippen LogP contribution in [0.3, 0.4) is 0 Å². The molecule has 3 atom stereocenters. The smallest absolute Gasteiger partial charge is 0.308 e. The van der Waals surface area contributed by atoms with Gasteiger partial charge in [-0.15, -0.1) is 0 Å². The zero-order valence-corrected chi connectivity index (χ0v) is 22.4. The number of aromatic nitrogens is 2. The maximum Gasteiger partial charge on any atom is 0.308 e. The summed E-state index contributed by atoms with van der Waals surface area (Å²) in [6.45, 7) is 3.39. The number of pyridine rings is 1. The number of fused-ring (bicyclic) bond motifs is 1. The number of nitrogens with zero attached hydrogens (tertiary/aromatic N) is 4. The topological polar surface area (TPSA) is 109 Å². The van der Waals surface area contributed by atoms with Gasteiger partial charge in [-0.1, -0.05) is 19.4 Å². The molecule has 0 saturated carbocycles. The Kier molecular flexibility index (Phi) is 8.11. The number of likely N-dealkylation sites (tertiary alicyclic amines) is 1. The van der Waals surface area contributed by atoms with Crippen LogP contribution in [0.2, 0.25) is 0 Å². The molecule has 0 bridgehead atoms. The maximum absolute atomic E-state index is 13.8. The van der Waals surface area contributed by atoms with E-state index in [1.807, 2.05) is 64.1 Å². The summed E-state index contributed by atoms with van der Waals surface area (Å²) < 4.78 is 18.4. The maximum atomic E-state index is 13.8. The Hall–Kier alpha value is -3.92. The fourth-order valence-corrected chi connectivity index (χ4v) is 5.69. The van der Waals surface area contributed by atoms with E-state index in [9.17, 15) is 14.7 Å². The Morgan fingerprint density at radius 1 is 1.23 bits per heavy atom. The van der Waals surface area contributed by atoms with Crippen molar-refractivity contribution in [2.45, 2.75) is 44.6 Å². The highest BCUT2D eigenvalue weighted by Crippen LogP contribution is 2.43. The minimum absolute atomic E-state index is 0.0498. The minimum atomic E-state index is -0.886. The molecular formula is C29H35N4O6+. The van der Waals surface area contributed by atoms with Gasteiger partial charge in [-0.25, -0.2) is 9.55 Å². The summed E-state index contributed by atoms with van der Waals surface area (Å²) in [6.07, 6.45) is 9.77. The number of aryl methyl sites for hydroxylation is 2. The molecule has 4 heterocycles. The highest BCUT2D eigenvalue weighted by molar-refractivity contribution is 5.94. The van der Waals surface area contributed by atoms with E-state index < -0.39 is 11.9 Å². The first-order valence-corrected chi connectivity index (χ1v) is 13.4. The van der Waals surface area contributed by atoms with Gasteiger partial charge in [-0.05, 0) is 36.6 Å². The highest BCUT2D eigenvalue weighted by atomic mass is 16.7. The number of carboxylic acids is 1. The number of carbonyl (C=O) groups is 2. The van der Waals surface area contributed by atoms with Crippen molar-refractivity contribution in [1.29, 1.82) is 0 Å². The van der Waals surface area contributed by atoms with E-state index in [-0.39, 0.29) is 31.2 Å². The number of carboxylic acid groups (broad SMARTS) is 1. The number of hydrogen-bond acceptors (Lipinski definition) is 7. The molecule has 10 heteroatoms. The number of amides is 1. The third-order valence-corrected chi connectivity index (χ3v) is 7.61. The molecule has 2 aliphatic heterocycles. The van der Waals surface area contributed by atoms with Crippen LogP contribution in [0.25, 0.3) is 0 Å². The zero-order chi connectivity index (χ0) is 27.4. The average Bonchev–Trinajstić information content (AvgIpc) is 3.67. The fourth-order valence-electron chi connectivity index (χ4n) is 5.69. The molecule has 1 N–H and O–H groups in total. The van der Waals surface area contributed by atoms with Crippen molar-refractivity contribution in [3.05, 3.63) is 66.6 Å². The van der Waals surface area contributed by atoms with E-state index in [2.05, 4.69) is 11.9 Å². The van der Waals surface area contributed by atoms with Crippen molar-refractivity contribution < 1.29 is 33.2 Å². The summed E-state index contributed by atoms with van der Waals surface area (Å²) in [5.74, 6) is -0.152. The molecule has 10 nitrogen and oxygen atoms in total. The lowest BCUT2D eigenvalue weighted by molar-refractivity contribution is -0.670. The Balaban J connectivity index is 1.43. The summed E-state index contributed by atoms with van der Waals surface area (Å²) in [7, 11) is 1.93. The van der Waals surface area contributed by atoms with Gasteiger partial charge in [0.25, 0.3) is 0 Å². The second-order valence-electron chi connectivity index (χ2n) is 10.2. The number of anilines is 1. The fraction of sp³-hybridized carbons (Fsp3) is 0.448. The van der Waals surface area contributed by atoms with Gasteiger partial charge in [-0.2, -0.15) is 0 Å². The van der Waals surface area contributed by atoms with Crippen molar-refractivity contribution >= 4 is 17.6 Å². The number of carbonyl (C=O) groups excluding carboxylic acids is 1.